The summed E-state index contributed by atoms with van der Waals surface area (Å²) >= 11 is 0. The van der Waals surface area contributed by atoms with Gasteiger partial charge in [-0.3, -0.25) is 9.00 Å². The summed E-state index contributed by atoms with van der Waals surface area (Å²) in [6, 6.07) is 20.8. The van der Waals surface area contributed by atoms with Crippen LogP contribution in [0.4, 0.5) is 0 Å². The minimum atomic E-state index is -0.784. The zero-order valence-corrected chi connectivity index (χ0v) is 26.6. The number of hydrogen-bond acceptors (Lipinski definition) is 4. The molecule has 3 aromatic rings. The molecule has 5 rings (SSSR count). The molecule has 42 heavy (non-hydrogen) atoms. The van der Waals surface area contributed by atoms with Gasteiger partial charge in [-0.15, -0.1) is 0 Å². The fourth-order valence-electron chi connectivity index (χ4n) is 5.17. The van der Waals surface area contributed by atoms with E-state index in [1.807, 2.05) is 38.1 Å². The van der Waals surface area contributed by atoms with Crippen LogP contribution in [0.1, 0.15) is 82.1 Å². The Labute approximate surface area is 255 Å². The molecule has 3 aromatic carbocycles. The topological polar surface area (TPSA) is 72.8 Å². The van der Waals surface area contributed by atoms with Crippen LogP contribution >= 0.6 is 0 Å². The van der Waals surface area contributed by atoms with E-state index in [2.05, 4.69) is 50.2 Å². The fraction of sp³-hybridized carbons (Fsp3) is 0.472. The van der Waals surface area contributed by atoms with Crippen LogP contribution in [0.3, 0.4) is 0 Å². The lowest BCUT2D eigenvalue weighted by Crippen LogP contribution is -2.23. The summed E-state index contributed by atoms with van der Waals surface area (Å²) in [5, 5.41) is 8.86. The molecule has 0 aromatic heterocycles. The fourth-order valence-corrected chi connectivity index (χ4v) is 6.57. The minimum absolute atomic E-state index is 0.133. The lowest BCUT2D eigenvalue weighted by Gasteiger charge is -2.22. The number of benzene rings is 3. The Kier molecular flexibility index (Phi) is 14.1. The second kappa shape index (κ2) is 17.7. The average molecular weight is 593 g/mol. The average Bonchev–Trinajstić information content (AvgIpc) is 3.19. The maximum Gasteiger partial charge on any atom is 0.303 e. The van der Waals surface area contributed by atoms with Crippen LogP contribution in [0.25, 0.3) is 11.1 Å². The van der Waals surface area contributed by atoms with Gasteiger partial charge in [0.25, 0.3) is 0 Å². The molecule has 0 bridgehead atoms. The number of rotatable bonds is 9. The number of carboxylic acids is 1. The predicted octanol–water partition coefficient (Wildman–Crippen LogP) is 8.42. The van der Waals surface area contributed by atoms with Crippen LogP contribution in [0.15, 0.2) is 60.7 Å². The summed E-state index contributed by atoms with van der Waals surface area (Å²) in [4.78, 5) is 10.8. The van der Waals surface area contributed by atoms with Crippen molar-refractivity contribution in [2.75, 3.05) is 18.1 Å². The van der Waals surface area contributed by atoms with E-state index in [0.717, 1.165) is 66.2 Å². The predicted molar refractivity (Wildman–Crippen MR) is 174 cm³/mol. The van der Waals surface area contributed by atoms with Crippen LogP contribution in [-0.2, 0) is 41.5 Å². The van der Waals surface area contributed by atoms with Gasteiger partial charge in [-0.25, -0.2) is 0 Å². The molecule has 0 unspecified atom stereocenters. The van der Waals surface area contributed by atoms with Crippen molar-refractivity contribution < 1.29 is 23.6 Å². The summed E-state index contributed by atoms with van der Waals surface area (Å²) in [6.07, 6.45) is 7.09. The highest BCUT2D eigenvalue weighted by atomic mass is 32.2. The molecular formula is C36H48O5S. The quantitative estimate of drug-likeness (QED) is 0.270. The lowest BCUT2D eigenvalue weighted by molar-refractivity contribution is -0.136. The van der Waals surface area contributed by atoms with Crippen LogP contribution in [0, 0.1) is 5.92 Å². The monoisotopic (exact) mass is 592 g/mol. The van der Waals surface area contributed by atoms with Crippen LogP contribution in [0.2, 0.25) is 0 Å². The summed E-state index contributed by atoms with van der Waals surface area (Å²) in [6.45, 7) is 9.43. The Hall–Kier alpha value is -3.12. The Morgan fingerprint density at radius 2 is 1.48 bits per heavy atom. The van der Waals surface area contributed by atoms with Crippen molar-refractivity contribution in [2.45, 2.75) is 85.7 Å². The number of ether oxygens (including phenoxy) is 2. The normalized spacial score (nSPS) is 17.1. The van der Waals surface area contributed by atoms with E-state index in [1.54, 1.807) is 0 Å². The highest BCUT2D eigenvalue weighted by molar-refractivity contribution is 7.85. The number of carboxylic acid groups (broad SMARTS) is 1. The summed E-state index contributed by atoms with van der Waals surface area (Å²) < 4.78 is 23.8. The summed E-state index contributed by atoms with van der Waals surface area (Å²) in [5.41, 5.74) is 7.37. The molecule has 0 saturated carbocycles. The Morgan fingerprint density at radius 1 is 0.833 bits per heavy atom. The third kappa shape index (κ3) is 10.3. The molecule has 1 aliphatic carbocycles. The smallest absolute Gasteiger partial charge is 0.303 e. The van der Waals surface area contributed by atoms with Crippen LogP contribution in [-0.4, -0.2) is 33.4 Å². The van der Waals surface area contributed by atoms with Crippen molar-refractivity contribution in [3.8, 4) is 22.6 Å². The molecular weight excluding hydrogens is 544 g/mol. The van der Waals surface area contributed by atoms with E-state index in [0.29, 0.717) is 25.6 Å². The van der Waals surface area contributed by atoms with Gasteiger partial charge in [0.1, 0.15) is 18.1 Å². The molecule has 5 nitrogen and oxygen atoms in total. The Morgan fingerprint density at radius 3 is 2.17 bits per heavy atom. The molecule has 1 heterocycles. The second-order valence-corrected chi connectivity index (χ2v) is 12.5. The van der Waals surface area contributed by atoms with Gasteiger partial charge in [0.15, 0.2) is 0 Å². The van der Waals surface area contributed by atoms with Gasteiger partial charge >= 0.3 is 5.97 Å². The molecule has 0 spiro atoms. The Bertz CT molecular complexity index is 1270. The van der Waals surface area contributed by atoms with Crippen LogP contribution in [0.5, 0.6) is 11.5 Å². The molecule has 0 amide bonds. The van der Waals surface area contributed by atoms with Gasteiger partial charge in [0, 0.05) is 28.7 Å². The molecule has 2 aliphatic rings. The molecule has 1 fully saturated rings. The minimum Gasteiger partial charge on any atom is -0.493 e. The van der Waals surface area contributed by atoms with Crippen molar-refractivity contribution in [3.63, 3.8) is 0 Å². The van der Waals surface area contributed by atoms with Gasteiger partial charge in [-0.1, -0.05) is 64.4 Å². The first-order valence-electron chi connectivity index (χ1n) is 15.6. The first-order chi connectivity index (χ1) is 20.4. The zero-order valence-electron chi connectivity index (χ0n) is 25.8. The van der Waals surface area contributed by atoms with E-state index in [9.17, 15) is 9.00 Å². The van der Waals surface area contributed by atoms with Gasteiger partial charge in [-0.05, 0) is 108 Å². The molecule has 228 valence electrons. The second-order valence-electron chi connectivity index (χ2n) is 10.8. The van der Waals surface area contributed by atoms with Gasteiger partial charge in [-0.2, -0.15) is 0 Å². The maximum absolute atomic E-state index is 11.6. The van der Waals surface area contributed by atoms with Crippen molar-refractivity contribution in [1.82, 2.24) is 0 Å². The Balaban J connectivity index is 0.000000910. The largest absolute Gasteiger partial charge is 0.493 e. The lowest BCUT2D eigenvalue weighted by atomic mass is 9.95. The van der Waals surface area contributed by atoms with Crippen molar-refractivity contribution in [2.24, 2.45) is 5.92 Å². The first-order valence-corrected chi connectivity index (χ1v) is 17.1. The van der Waals surface area contributed by atoms with E-state index >= 15 is 0 Å². The first kappa shape index (κ1) is 33.4. The van der Waals surface area contributed by atoms with Crippen molar-refractivity contribution >= 4 is 16.8 Å². The number of carbonyl (C=O) groups is 1. The van der Waals surface area contributed by atoms with Crippen LogP contribution < -0.4 is 9.47 Å². The number of fused-ring (bicyclic) bond motifs is 3. The molecule has 1 saturated heterocycles. The highest BCUT2D eigenvalue weighted by Crippen LogP contribution is 2.35. The molecule has 1 aliphatic heterocycles. The standard InChI is InChI=1S/C31H34O5S.C3H8.C2H6/c32-31(33)13-7-22-5-9-27(10-6-22)35-21-24-4-8-25-2-1-3-26-19-28(11-12-29(26)30(25)18-24)36-20-23-14-16-37(34)17-15-23;1-3-2;1-2/h4-6,8-12,18-19,23H,1-3,7,13-17,20-21H2,(H,32,33);3H2,1-2H3;1-2H3. The highest BCUT2D eigenvalue weighted by Gasteiger charge is 2.20. The molecule has 0 atom stereocenters. The number of hydrogen-bond donors (Lipinski definition) is 1. The third-order valence-electron chi connectivity index (χ3n) is 7.38. The molecule has 0 radical (unpaired) electrons. The van der Waals surface area contributed by atoms with Crippen molar-refractivity contribution in [3.05, 3.63) is 82.9 Å². The summed E-state index contributed by atoms with van der Waals surface area (Å²) in [5.74, 6) is 3.03. The van der Waals surface area contributed by atoms with Gasteiger partial charge < -0.3 is 14.6 Å². The third-order valence-corrected chi connectivity index (χ3v) is 8.77. The SMILES string of the molecule is CC.CCC.O=C(O)CCc1ccc(OCc2ccc3c(c2)-c2ccc(OCC4CCS(=O)CC4)cc2CCC3)cc1. The van der Waals surface area contributed by atoms with E-state index in [-0.39, 0.29) is 6.42 Å². The van der Waals surface area contributed by atoms with Gasteiger partial charge in [0.2, 0.25) is 0 Å². The maximum atomic E-state index is 11.6. The molecule has 1 N–H and O–H groups in total. The summed E-state index contributed by atoms with van der Waals surface area (Å²) in [7, 11) is -0.634. The molecule has 6 heteroatoms. The number of aryl methyl sites for hydroxylation is 3. The zero-order chi connectivity index (χ0) is 30.3. The van der Waals surface area contributed by atoms with E-state index in [4.69, 9.17) is 14.6 Å². The van der Waals surface area contributed by atoms with E-state index < -0.39 is 16.8 Å². The number of aliphatic carboxylic acids is 1. The van der Waals surface area contributed by atoms with Gasteiger partial charge in [0.05, 0.1) is 6.61 Å². The van der Waals surface area contributed by atoms with Crippen molar-refractivity contribution in [1.29, 1.82) is 0 Å². The van der Waals surface area contributed by atoms with E-state index in [1.165, 1.54) is 28.7 Å².